The summed E-state index contributed by atoms with van der Waals surface area (Å²) in [5.74, 6) is -0.380. The van der Waals surface area contributed by atoms with Gasteiger partial charge in [0, 0.05) is 12.1 Å². The van der Waals surface area contributed by atoms with E-state index in [1.54, 1.807) is 42.5 Å². The maximum atomic E-state index is 14.2. The molecule has 2 aromatic rings. The Morgan fingerprint density at radius 1 is 1.14 bits per heavy atom. The molecule has 0 aliphatic heterocycles. The average Bonchev–Trinajstić information content (AvgIpc) is 2.93. The van der Waals surface area contributed by atoms with Crippen LogP contribution in [0.3, 0.4) is 0 Å². The Kier molecular flexibility index (Phi) is 5.17. The Labute approximate surface area is 163 Å². The van der Waals surface area contributed by atoms with Crippen LogP contribution in [0, 0.1) is 5.41 Å². The second-order valence-electron chi connectivity index (χ2n) is 8.37. The first-order chi connectivity index (χ1) is 13.0. The number of primary amides is 1. The summed E-state index contributed by atoms with van der Waals surface area (Å²) in [6.07, 6.45) is -3.32. The first-order valence-electron chi connectivity index (χ1n) is 9.33. The van der Waals surface area contributed by atoms with Crippen molar-refractivity contribution in [2.45, 2.75) is 51.2 Å². The van der Waals surface area contributed by atoms with Crippen LogP contribution in [0.4, 0.5) is 18.9 Å². The van der Waals surface area contributed by atoms with Gasteiger partial charge < -0.3 is 11.1 Å². The van der Waals surface area contributed by atoms with E-state index in [2.05, 4.69) is 5.32 Å². The molecule has 2 aromatic carbocycles. The van der Waals surface area contributed by atoms with Gasteiger partial charge in [0.05, 0.1) is 0 Å². The van der Waals surface area contributed by atoms with Crippen molar-refractivity contribution in [2.24, 2.45) is 11.1 Å². The minimum atomic E-state index is -4.43. The highest BCUT2D eigenvalue weighted by molar-refractivity contribution is 5.74. The zero-order valence-corrected chi connectivity index (χ0v) is 16.1. The molecule has 150 valence electrons. The maximum Gasteiger partial charge on any atom is 0.415 e. The van der Waals surface area contributed by atoms with Crippen LogP contribution in [0.1, 0.15) is 43.4 Å². The Hall–Kier alpha value is -2.50. The Morgan fingerprint density at radius 2 is 1.82 bits per heavy atom. The van der Waals surface area contributed by atoms with Crippen LogP contribution < -0.4 is 11.1 Å². The molecule has 3 rings (SSSR count). The molecule has 0 fully saturated rings. The lowest BCUT2D eigenvalue weighted by atomic mass is 9.81. The number of para-hydroxylation sites is 1. The molecule has 1 unspecified atom stereocenters. The molecule has 1 amide bonds. The molecule has 0 saturated heterocycles. The zero-order chi connectivity index (χ0) is 20.6. The van der Waals surface area contributed by atoms with E-state index in [1.165, 1.54) is 0 Å². The number of alkyl halides is 3. The fourth-order valence-corrected chi connectivity index (χ4v) is 4.19. The van der Waals surface area contributed by atoms with Gasteiger partial charge in [-0.15, -0.1) is 0 Å². The van der Waals surface area contributed by atoms with E-state index in [9.17, 15) is 18.0 Å². The predicted octanol–water partition coefficient (Wildman–Crippen LogP) is 4.95. The fraction of sp³-hybridized carbons (Fsp3) is 0.409. The molecule has 0 radical (unpaired) electrons. The summed E-state index contributed by atoms with van der Waals surface area (Å²) in [7, 11) is 0. The summed E-state index contributed by atoms with van der Waals surface area (Å²) in [6, 6.07) is 13.7. The van der Waals surface area contributed by atoms with E-state index in [0.29, 0.717) is 24.1 Å². The van der Waals surface area contributed by atoms with Gasteiger partial charge in [-0.25, -0.2) is 0 Å². The molecule has 0 aromatic heterocycles. The lowest BCUT2D eigenvalue weighted by Gasteiger charge is -2.35. The molecule has 1 aliphatic rings. The highest BCUT2D eigenvalue weighted by Gasteiger charge is 2.58. The Morgan fingerprint density at radius 3 is 2.43 bits per heavy atom. The SMILES string of the molecule is CC(C)(CC(N)=O)Cc1ccc2c(c1)CCC2(Nc1ccccc1)C(F)(F)F. The van der Waals surface area contributed by atoms with Crippen molar-refractivity contribution in [1.82, 2.24) is 0 Å². The van der Waals surface area contributed by atoms with E-state index in [1.807, 2.05) is 19.9 Å². The van der Waals surface area contributed by atoms with Crippen LogP contribution >= 0.6 is 0 Å². The molecular weight excluding hydrogens is 365 g/mol. The monoisotopic (exact) mass is 390 g/mol. The summed E-state index contributed by atoms with van der Waals surface area (Å²) in [5.41, 5.74) is 5.21. The number of amides is 1. The van der Waals surface area contributed by atoms with E-state index in [4.69, 9.17) is 5.73 Å². The van der Waals surface area contributed by atoms with Gasteiger partial charge in [0.25, 0.3) is 0 Å². The van der Waals surface area contributed by atoms with Crippen molar-refractivity contribution < 1.29 is 18.0 Å². The number of hydrogen-bond acceptors (Lipinski definition) is 2. The standard InChI is InChI=1S/C22H25F3N2O/c1-20(2,14-19(26)28)13-15-8-9-18-16(12-15)10-11-21(18,22(23,24)25)27-17-6-4-3-5-7-17/h3-9,12,27H,10-11,13-14H2,1-2H3,(H2,26,28). The Bertz CT molecular complexity index is 862. The first kappa shape index (κ1) is 20.2. The number of nitrogens with two attached hydrogens (primary N) is 1. The maximum absolute atomic E-state index is 14.2. The fourth-order valence-electron chi connectivity index (χ4n) is 4.19. The van der Waals surface area contributed by atoms with Gasteiger partial charge in [-0.2, -0.15) is 13.2 Å². The van der Waals surface area contributed by atoms with Gasteiger partial charge in [-0.3, -0.25) is 4.79 Å². The second kappa shape index (κ2) is 7.15. The normalized spacial score (nSPS) is 19.3. The van der Waals surface area contributed by atoms with Gasteiger partial charge in [0.15, 0.2) is 5.54 Å². The number of hydrogen-bond donors (Lipinski definition) is 2. The van der Waals surface area contributed by atoms with Crippen LogP contribution in [0.15, 0.2) is 48.5 Å². The largest absolute Gasteiger partial charge is 0.415 e. The van der Waals surface area contributed by atoms with Crippen molar-refractivity contribution in [2.75, 3.05) is 5.32 Å². The number of rotatable bonds is 6. The second-order valence-corrected chi connectivity index (χ2v) is 8.37. The lowest BCUT2D eigenvalue weighted by Crippen LogP contribution is -2.47. The number of benzene rings is 2. The summed E-state index contributed by atoms with van der Waals surface area (Å²) >= 11 is 0. The molecule has 1 aliphatic carbocycles. The average molecular weight is 390 g/mol. The molecule has 0 heterocycles. The summed E-state index contributed by atoms with van der Waals surface area (Å²) < 4.78 is 42.5. The smallest absolute Gasteiger partial charge is 0.370 e. The minimum Gasteiger partial charge on any atom is -0.370 e. The van der Waals surface area contributed by atoms with Crippen LogP contribution in [0.2, 0.25) is 0 Å². The molecule has 6 heteroatoms. The van der Waals surface area contributed by atoms with E-state index in [-0.39, 0.29) is 29.7 Å². The van der Waals surface area contributed by atoms with E-state index < -0.39 is 11.7 Å². The van der Waals surface area contributed by atoms with Gasteiger partial charge in [-0.05, 0) is 53.5 Å². The van der Waals surface area contributed by atoms with Crippen LogP contribution in [-0.2, 0) is 23.2 Å². The summed E-state index contributed by atoms with van der Waals surface area (Å²) in [6.45, 7) is 3.86. The van der Waals surface area contributed by atoms with E-state index >= 15 is 0 Å². The van der Waals surface area contributed by atoms with Crippen molar-refractivity contribution in [3.05, 3.63) is 65.2 Å². The summed E-state index contributed by atoms with van der Waals surface area (Å²) in [5, 5.41) is 2.76. The van der Waals surface area contributed by atoms with Gasteiger partial charge in [-0.1, -0.05) is 50.2 Å². The zero-order valence-electron chi connectivity index (χ0n) is 16.1. The topological polar surface area (TPSA) is 55.1 Å². The van der Waals surface area contributed by atoms with Crippen molar-refractivity contribution >= 4 is 11.6 Å². The third-order valence-electron chi connectivity index (χ3n) is 5.35. The molecule has 3 N–H and O–H groups in total. The third-order valence-corrected chi connectivity index (χ3v) is 5.35. The van der Waals surface area contributed by atoms with Gasteiger partial charge in [0.1, 0.15) is 0 Å². The minimum absolute atomic E-state index is 0.0468. The number of aryl methyl sites for hydroxylation is 1. The number of fused-ring (bicyclic) bond motifs is 1. The Balaban J connectivity index is 1.94. The number of carbonyl (C=O) groups is 1. The van der Waals surface area contributed by atoms with Gasteiger partial charge in [0.2, 0.25) is 5.91 Å². The van der Waals surface area contributed by atoms with Crippen LogP contribution in [-0.4, -0.2) is 12.1 Å². The lowest BCUT2D eigenvalue weighted by molar-refractivity contribution is -0.181. The highest BCUT2D eigenvalue weighted by Crippen LogP contribution is 2.50. The molecule has 1 atom stereocenters. The predicted molar refractivity (Wildman–Crippen MR) is 104 cm³/mol. The van der Waals surface area contributed by atoms with Crippen LogP contribution in [0.25, 0.3) is 0 Å². The molecule has 0 spiro atoms. The number of carbonyl (C=O) groups excluding carboxylic acids is 1. The van der Waals surface area contributed by atoms with Crippen LogP contribution in [0.5, 0.6) is 0 Å². The molecule has 28 heavy (non-hydrogen) atoms. The quantitative estimate of drug-likeness (QED) is 0.734. The molecule has 0 bridgehead atoms. The van der Waals surface area contributed by atoms with Crippen molar-refractivity contribution in [3.8, 4) is 0 Å². The van der Waals surface area contributed by atoms with Crippen molar-refractivity contribution in [1.29, 1.82) is 0 Å². The molecular formula is C22H25F3N2O. The molecule has 0 saturated carbocycles. The number of nitrogens with one attached hydrogen (secondary N) is 1. The number of anilines is 1. The highest BCUT2D eigenvalue weighted by atomic mass is 19.4. The van der Waals surface area contributed by atoms with Gasteiger partial charge >= 0.3 is 6.18 Å². The third kappa shape index (κ3) is 4.01. The van der Waals surface area contributed by atoms with Crippen molar-refractivity contribution in [3.63, 3.8) is 0 Å². The van der Waals surface area contributed by atoms with E-state index in [0.717, 1.165) is 5.56 Å². The molecule has 3 nitrogen and oxygen atoms in total. The summed E-state index contributed by atoms with van der Waals surface area (Å²) in [4.78, 5) is 11.3. The number of halogens is 3. The first-order valence-corrected chi connectivity index (χ1v) is 9.33.